The lowest BCUT2D eigenvalue weighted by atomic mass is 10.2. The summed E-state index contributed by atoms with van der Waals surface area (Å²) < 4.78 is 10.6. The fourth-order valence-electron chi connectivity index (χ4n) is 1.38. The average Bonchev–Trinajstić information content (AvgIpc) is 2.43. The van der Waals surface area contributed by atoms with Crippen molar-refractivity contribution in [3.63, 3.8) is 0 Å². The Labute approximate surface area is 115 Å². The van der Waals surface area contributed by atoms with Crippen LogP contribution in [0.4, 0.5) is 0 Å². The van der Waals surface area contributed by atoms with Crippen molar-refractivity contribution in [2.75, 3.05) is 6.61 Å². The summed E-state index contributed by atoms with van der Waals surface area (Å²) in [6, 6.07) is 7.63. The van der Waals surface area contributed by atoms with Crippen molar-refractivity contribution >= 4 is 12.0 Å². The highest BCUT2D eigenvalue weighted by Crippen LogP contribution is 2.13. The molecule has 1 aromatic rings. The van der Waals surface area contributed by atoms with Crippen LogP contribution in [-0.4, -0.2) is 18.7 Å². The lowest BCUT2D eigenvalue weighted by Gasteiger charge is -2.08. The summed E-state index contributed by atoms with van der Waals surface area (Å²) in [6.45, 7) is 6.65. The third-order valence-electron chi connectivity index (χ3n) is 2.66. The third-order valence-corrected chi connectivity index (χ3v) is 2.66. The molecule has 1 rings (SSSR count). The molecule has 0 heterocycles. The van der Waals surface area contributed by atoms with Crippen molar-refractivity contribution in [3.8, 4) is 5.75 Å². The van der Waals surface area contributed by atoms with Crippen LogP contribution < -0.4 is 4.74 Å². The number of esters is 1. The highest BCUT2D eigenvalue weighted by molar-refractivity contribution is 5.87. The monoisotopic (exact) mass is 262 g/mol. The topological polar surface area (TPSA) is 35.5 Å². The minimum absolute atomic E-state index is 0.0398. The van der Waals surface area contributed by atoms with Crippen molar-refractivity contribution in [2.45, 2.75) is 39.7 Å². The summed E-state index contributed by atoms with van der Waals surface area (Å²) in [5.74, 6) is 0.543. The molecule has 0 radical (unpaired) electrons. The van der Waals surface area contributed by atoms with Crippen LogP contribution in [0.2, 0.25) is 0 Å². The number of carbonyl (C=O) groups is 1. The van der Waals surface area contributed by atoms with Crippen LogP contribution in [-0.2, 0) is 9.53 Å². The van der Waals surface area contributed by atoms with Crippen molar-refractivity contribution in [3.05, 3.63) is 35.9 Å². The summed E-state index contributed by atoms with van der Waals surface area (Å²) >= 11 is 0. The number of benzene rings is 1. The zero-order valence-electron chi connectivity index (χ0n) is 11.9. The Morgan fingerprint density at radius 3 is 2.53 bits per heavy atom. The molecule has 0 bridgehead atoms. The van der Waals surface area contributed by atoms with E-state index in [-0.39, 0.29) is 12.1 Å². The zero-order valence-corrected chi connectivity index (χ0v) is 11.9. The van der Waals surface area contributed by atoms with Crippen molar-refractivity contribution in [1.82, 2.24) is 0 Å². The molecule has 104 valence electrons. The Morgan fingerprint density at radius 1 is 1.26 bits per heavy atom. The molecule has 1 unspecified atom stereocenters. The van der Waals surface area contributed by atoms with Crippen LogP contribution in [0.1, 0.15) is 39.2 Å². The summed E-state index contributed by atoms with van der Waals surface area (Å²) in [6.07, 6.45) is 4.97. The Balaban J connectivity index is 2.50. The van der Waals surface area contributed by atoms with E-state index < -0.39 is 0 Å². The minimum atomic E-state index is -0.305. The first-order valence-corrected chi connectivity index (χ1v) is 6.77. The molecule has 0 amide bonds. The highest BCUT2D eigenvalue weighted by Gasteiger charge is 2.03. The molecule has 0 N–H and O–H groups in total. The standard InChI is InChI=1S/C16H22O3/c1-4-12-18-15-9-6-14(7-10-15)8-11-16(17)19-13(3)5-2/h6-11,13H,4-5,12H2,1-3H3. The molecule has 19 heavy (non-hydrogen) atoms. The van der Waals surface area contributed by atoms with Gasteiger partial charge in [-0.2, -0.15) is 0 Å². The quantitative estimate of drug-likeness (QED) is 0.553. The van der Waals surface area contributed by atoms with E-state index in [1.807, 2.05) is 38.1 Å². The Morgan fingerprint density at radius 2 is 1.95 bits per heavy atom. The summed E-state index contributed by atoms with van der Waals surface area (Å²) in [5, 5.41) is 0. The Bertz CT molecular complexity index is 407. The Kier molecular flexibility index (Phi) is 6.72. The maximum atomic E-state index is 11.5. The lowest BCUT2D eigenvalue weighted by Crippen LogP contribution is -2.11. The van der Waals surface area contributed by atoms with E-state index in [4.69, 9.17) is 9.47 Å². The van der Waals surface area contributed by atoms with Crippen LogP contribution in [0.5, 0.6) is 5.75 Å². The van der Waals surface area contributed by atoms with Crippen LogP contribution in [0.3, 0.4) is 0 Å². The summed E-state index contributed by atoms with van der Waals surface area (Å²) in [5.41, 5.74) is 0.949. The van der Waals surface area contributed by atoms with Crippen LogP contribution >= 0.6 is 0 Å². The lowest BCUT2D eigenvalue weighted by molar-refractivity contribution is -0.142. The molecular weight excluding hydrogens is 240 g/mol. The predicted octanol–water partition coefficient (Wildman–Crippen LogP) is 3.83. The number of carbonyl (C=O) groups excluding carboxylic acids is 1. The maximum Gasteiger partial charge on any atom is 0.331 e. The van der Waals surface area contributed by atoms with Gasteiger partial charge in [0.2, 0.25) is 0 Å². The molecule has 0 aliphatic carbocycles. The fourth-order valence-corrected chi connectivity index (χ4v) is 1.38. The van der Waals surface area contributed by atoms with Gasteiger partial charge in [-0.3, -0.25) is 0 Å². The molecule has 0 fully saturated rings. The van der Waals surface area contributed by atoms with Gasteiger partial charge in [0.25, 0.3) is 0 Å². The number of hydrogen-bond donors (Lipinski definition) is 0. The van der Waals surface area contributed by atoms with Gasteiger partial charge >= 0.3 is 5.97 Å². The smallest absolute Gasteiger partial charge is 0.331 e. The van der Waals surface area contributed by atoms with E-state index in [2.05, 4.69) is 6.92 Å². The largest absolute Gasteiger partial charge is 0.494 e. The highest BCUT2D eigenvalue weighted by atomic mass is 16.5. The molecule has 0 spiro atoms. The number of ether oxygens (including phenoxy) is 2. The molecular formula is C16H22O3. The molecule has 1 aromatic carbocycles. The first-order chi connectivity index (χ1) is 9.15. The van der Waals surface area contributed by atoms with Gasteiger partial charge in [0.1, 0.15) is 5.75 Å². The van der Waals surface area contributed by atoms with Crippen LogP contribution in [0.15, 0.2) is 30.3 Å². The summed E-state index contributed by atoms with van der Waals surface area (Å²) in [7, 11) is 0. The van der Waals surface area contributed by atoms with E-state index in [1.54, 1.807) is 6.08 Å². The summed E-state index contributed by atoms with van der Waals surface area (Å²) in [4.78, 5) is 11.5. The second-order valence-electron chi connectivity index (χ2n) is 4.41. The van der Waals surface area contributed by atoms with Crippen molar-refractivity contribution in [2.24, 2.45) is 0 Å². The van der Waals surface area contributed by atoms with Crippen molar-refractivity contribution < 1.29 is 14.3 Å². The van der Waals surface area contributed by atoms with Gasteiger partial charge in [-0.15, -0.1) is 0 Å². The first kappa shape index (κ1) is 15.3. The van der Waals surface area contributed by atoms with Gasteiger partial charge in [0.05, 0.1) is 12.7 Å². The fraction of sp³-hybridized carbons (Fsp3) is 0.438. The number of rotatable bonds is 7. The van der Waals surface area contributed by atoms with Gasteiger partial charge in [0.15, 0.2) is 0 Å². The molecule has 0 saturated heterocycles. The molecule has 0 saturated carbocycles. The Hall–Kier alpha value is -1.77. The van der Waals surface area contributed by atoms with Gasteiger partial charge in [0, 0.05) is 6.08 Å². The zero-order chi connectivity index (χ0) is 14.1. The van der Waals surface area contributed by atoms with Crippen LogP contribution in [0, 0.1) is 0 Å². The molecule has 0 aliphatic rings. The van der Waals surface area contributed by atoms with Gasteiger partial charge in [-0.25, -0.2) is 4.79 Å². The molecule has 3 nitrogen and oxygen atoms in total. The van der Waals surface area contributed by atoms with E-state index >= 15 is 0 Å². The SMILES string of the molecule is CCCOc1ccc(C=CC(=O)OC(C)CC)cc1. The maximum absolute atomic E-state index is 11.5. The van der Waals surface area contributed by atoms with E-state index in [0.717, 1.165) is 30.8 Å². The third kappa shape index (κ3) is 6.09. The van der Waals surface area contributed by atoms with E-state index in [1.165, 1.54) is 6.08 Å². The van der Waals surface area contributed by atoms with Gasteiger partial charge in [-0.05, 0) is 43.5 Å². The van der Waals surface area contributed by atoms with E-state index in [0.29, 0.717) is 0 Å². The first-order valence-electron chi connectivity index (χ1n) is 6.77. The molecule has 1 atom stereocenters. The van der Waals surface area contributed by atoms with Crippen LogP contribution in [0.25, 0.3) is 6.08 Å². The van der Waals surface area contributed by atoms with Gasteiger partial charge in [-0.1, -0.05) is 26.0 Å². The van der Waals surface area contributed by atoms with Crippen molar-refractivity contribution in [1.29, 1.82) is 0 Å². The predicted molar refractivity (Wildman–Crippen MR) is 77.1 cm³/mol. The molecule has 0 aliphatic heterocycles. The van der Waals surface area contributed by atoms with Gasteiger partial charge < -0.3 is 9.47 Å². The number of hydrogen-bond acceptors (Lipinski definition) is 3. The second kappa shape index (κ2) is 8.35. The molecule has 3 heteroatoms. The minimum Gasteiger partial charge on any atom is -0.494 e. The average molecular weight is 262 g/mol. The van der Waals surface area contributed by atoms with E-state index in [9.17, 15) is 4.79 Å². The molecule has 0 aromatic heterocycles. The normalized spacial score (nSPS) is 12.4. The second-order valence-corrected chi connectivity index (χ2v) is 4.41.